The molecule has 0 bridgehead atoms. The molecule has 0 fully saturated rings. The number of benzene rings is 3. The Hall–Kier alpha value is -3.45. The Bertz CT molecular complexity index is 1130. The third kappa shape index (κ3) is 5.49. The molecule has 3 amide bonds. The predicted octanol–water partition coefficient (Wildman–Crippen LogP) is 5.55. The molecule has 1 aliphatic heterocycles. The van der Waals surface area contributed by atoms with E-state index in [0.29, 0.717) is 36.2 Å². The van der Waals surface area contributed by atoms with Gasteiger partial charge in [0, 0.05) is 40.0 Å². The van der Waals surface area contributed by atoms with Gasteiger partial charge in [0.25, 0.3) is 5.91 Å². The number of nitrogens with one attached hydrogen (secondary N) is 2. The Balaban J connectivity index is 1.38. The third-order valence-electron chi connectivity index (χ3n) is 5.28. The zero-order valence-corrected chi connectivity index (χ0v) is 19.5. The van der Waals surface area contributed by atoms with Gasteiger partial charge in [-0.1, -0.05) is 37.3 Å². The number of ether oxygens (including phenoxy) is 1. The summed E-state index contributed by atoms with van der Waals surface area (Å²) in [5.41, 5.74) is 3.00. The van der Waals surface area contributed by atoms with Crippen LogP contribution in [0.15, 0.2) is 77.7 Å². The van der Waals surface area contributed by atoms with E-state index in [4.69, 9.17) is 4.74 Å². The number of thioether (sulfide) groups is 1. The largest absolute Gasteiger partial charge is 0.494 e. The van der Waals surface area contributed by atoms with E-state index < -0.39 is 0 Å². The molecule has 7 heteroatoms. The monoisotopic (exact) mass is 461 g/mol. The van der Waals surface area contributed by atoms with Crippen LogP contribution in [0.2, 0.25) is 0 Å². The predicted molar refractivity (Wildman–Crippen MR) is 133 cm³/mol. The highest BCUT2D eigenvalue weighted by Crippen LogP contribution is 2.38. The molecule has 0 radical (unpaired) electrons. The van der Waals surface area contributed by atoms with Gasteiger partial charge in [-0.05, 0) is 49.4 Å². The Kier molecular flexibility index (Phi) is 7.19. The van der Waals surface area contributed by atoms with Crippen molar-refractivity contribution in [2.24, 2.45) is 0 Å². The first-order valence-corrected chi connectivity index (χ1v) is 11.9. The van der Waals surface area contributed by atoms with Crippen LogP contribution in [0, 0.1) is 0 Å². The van der Waals surface area contributed by atoms with E-state index in [1.54, 1.807) is 40.9 Å². The van der Waals surface area contributed by atoms with Crippen molar-refractivity contribution >= 4 is 35.1 Å². The fourth-order valence-electron chi connectivity index (χ4n) is 3.70. The number of carbonyl (C=O) groups excluding carboxylic acids is 2. The number of anilines is 2. The lowest BCUT2D eigenvalue weighted by Gasteiger charge is -2.32. The number of rotatable bonds is 6. The molecule has 0 saturated carbocycles. The molecule has 0 unspecified atom stereocenters. The minimum absolute atomic E-state index is 0.181. The molecule has 3 aromatic rings. The van der Waals surface area contributed by atoms with Gasteiger partial charge in [0.15, 0.2) is 0 Å². The summed E-state index contributed by atoms with van der Waals surface area (Å²) in [6, 6.07) is 22.3. The maximum atomic E-state index is 13.0. The van der Waals surface area contributed by atoms with Crippen molar-refractivity contribution in [3.63, 3.8) is 0 Å². The van der Waals surface area contributed by atoms with Gasteiger partial charge < -0.3 is 15.4 Å². The Morgan fingerprint density at radius 1 is 1.03 bits per heavy atom. The second kappa shape index (κ2) is 10.4. The molecule has 0 spiro atoms. The SMILES string of the molecule is CCOc1ccccc1CNC(=O)c1ccc(NC(=O)N2C[C@@H](C)Sc3ccccc32)cc1. The van der Waals surface area contributed by atoms with E-state index in [1.165, 1.54) is 0 Å². The van der Waals surface area contributed by atoms with Crippen LogP contribution in [-0.4, -0.2) is 30.3 Å². The number of nitrogens with zero attached hydrogens (tertiary/aromatic N) is 1. The van der Waals surface area contributed by atoms with Crippen molar-refractivity contribution in [1.82, 2.24) is 5.32 Å². The fraction of sp³-hybridized carbons (Fsp3) is 0.231. The molecular weight excluding hydrogens is 434 g/mol. The first kappa shape index (κ1) is 22.7. The van der Waals surface area contributed by atoms with Crippen molar-refractivity contribution in [2.45, 2.75) is 30.5 Å². The van der Waals surface area contributed by atoms with Gasteiger partial charge in [-0.25, -0.2) is 4.79 Å². The molecule has 170 valence electrons. The van der Waals surface area contributed by atoms with E-state index >= 15 is 0 Å². The third-order valence-corrected chi connectivity index (χ3v) is 6.43. The summed E-state index contributed by atoms with van der Waals surface area (Å²) >= 11 is 1.78. The highest BCUT2D eigenvalue weighted by molar-refractivity contribution is 8.00. The van der Waals surface area contributed by atoms with Gasteiger partial charge in [-0.3, -0.25) is 9.69 Å². The number of amides is 3. The van der Waals surface area contributed by atoms with Gasteiger partial charge in [0.2, 0.25) is 0 Å². The number of hydrogen-bond acceptors (Lipinski definition) is 4. The molecule has 1 aliphatic rings. The van der Waals surface area contributed by atoms with Gasteiger partial charge in [0.1, 0.15) is 5.75 Å². The first-order chi connectivity index (χ1) is 16.0. The minimum Gasteiger partial charge on any atom is -0.494 e. The van der Waals surface area contributed by atoms with Gasteiger partial charge >= 0.3 is 6.03 Å². The number of hydrogen-bond donors (Lipinski definition) is 2. The average Bonchev–Trinajstić information content (AvgIpc) is 2.83. The van der Waals surface area contributed by atoms with Crippen LogP contribution in [0.4, 0.5) is 16.2 Å². The zero-order valence-electron chi connectivity index (χ0n) is 18.7. The van der Waals surface area contributed by atoms with Crippen LogP contribution in [-0.2, 0) is 6.54 Å². The lowest BCUT2D eigenvalue weighted by molar-refractivity contribution is 0.0950. The second-order valence-electron chi connectivity index (χ2n) is 7.74. The maximum Gasteiger partial charge on any atom is 0.326 e. The lowest BCUT2D eigenvalue weighted by Crippen LogP contribution is -2.41. The molecule has 3 aromatic carbocycles. The molecule has 0 aliphatic carbocycles. The number of urea groups is 1. The zero-order chi connectivity index (χ0) is 23.2. The molecule has 2 N–H and O–H groups in total. The van der Waals surface area contributed by atoms with E-state index in [0.717, 1.165) is 21.9 Å². The van der Waals surface area contributed by atoms with Gasteiger partial charge in [-0.2, -0.15) is 0 Å². The van der Waals surface area contributed by atoms with Gasteiger partial charge in [0.05, 0.1) is 12.3 Å². The quantitative estimate of drug-likeness (QED) is 0.505. The number of carbonyl (C=O) groups is 2. The summed E-state index contributed by atoms with van der Waals surface area (Å²) in [5, 5.41) is 6.18. The summed E-state index contributed by atoms with van der Waals surface area (Å²) in [6.07, 6.45) is 0. The lowest BCUT2D eigenvalue weighted by atomic mass is 10.1. The summed E-state index contributed by atoms with van der Waals surface area (Å²) in [4.78, 5) is 28.4. The van der Waals surface area contributed by atoms with Crippen LogP contribution >= 0.6 is 11.8 Å². The minimum atomic E-state index is -0.185. The van der Waals surface area contributed by atoms with Crippen molar-refractivity contribution in [3.05, 3.63) is 83.9 Å². The average molecular weight is 462 g/mol. The van der Waals surface area contributed by atoms with Crippen LogP contribution in [0.5, 0.6) is 5.75 Å². The molecule has 1 atom stereocenters. The normalized spacial score (nSPS) is 14.8. The van der Waals surface area contributed by atoms with Crippen molar-refractivity contribution in [1.29, 1.82) is 0 Å². The van der Waals surface area contributed by atoms with Crippen molar-refractivity contribution in [2.75, 3.05) is 23.4 Å². The molecular formula is C26H27N3O3S. The summed E-state index contributed by atoms with van der Waals surface area (Å²) in [7, 11) is 0. The van der Waals surface area contributed by atoms with Crippen LogP contribution in [0.25, 0.3) is 0 Å². The van der Waals surface area contributed by atoms with Crippen LogP contribution in [0.1, 0.15) is 29.8 Å². The summed E-state index contributed by atoms with van der Waals surface area (Å²) in [6.45, 7) is 5.62. The first-order valence-electron chi connectivity index (χ1n) is 11.0. The molecule has 4 rings (SSSR count). The van der Waals surface area contributed by atoms with Crippen molar-refractivity contribution < 1.29 is 14.3 Å². The molecule has 0 saturated heterocycles. The fourth-order valence-corrected chi connectivity index (χ4v) is 4.81. The maximum absolute atomic E-state index is 13.0. The Morgan fingerprint density at radius 2 is 1.76 bits per heavy atom. The topological polar surface area (TPSA) is 70.7 Å². The van der Waals surface area contributed by atoms with E-state index in [2.05, 4.69) is 17.6 Å². The van der Waals surface area contributed by atoms with E-state index in [1.807, 2.05) is 55.5 Å². The van der Waals surface area contributed by atoms with E-state index in [9.17, 15) is 9.59 Å². The Morgan fingerprint density at radius 3 is 2.55 bits per heavy atom. The molecule has 0 aromatic heterocycles. The second-order valence-corrected chi connectivity index (χ2v) is 9.22. The smallest absolute Gasteiger partial charge is 0.326 e. The Labute approximate surface area is 198 Å². The standard InChI is InChI=1S/C26H27N3O3S/c1-3-32-23-10-6-4-8-20(23)16-27-25(30)19-12-14-21(15-13-19)28-26(31)29-17-18(2)33-24-11-7-5-9-22(24)29/h4-15,18H,3,16-17H2,1-2H3,(H,27,30)(H,28,31)/t18-/m1/s1. The van der Waals surface area contributed by atoms with Crippen molar-refractivity contribution in [3.8, 4) is 5.75 Å². The molecule has 6 nitrogen and oxygen atoms in total. The molecule has 1 heterocycles. The van der Waals surface area contributed by atoms with E-state index in [-0.39, 0.29) is 11.9 Å². The number of para-hydroxylation sites is 2. The highest BCUT2D eigenvalue weighted by Gasteiger charge is 2.26. The summed E-state index contributed by atoms with van der Waals surface area (Å²) in [5.74, 6) is 0.584. The highest BCUT2D eigenvalue weighted by atomic mass is 32.2. The van der Waals surface area contributed by atoms with Gasteiger partial charge in [-0.15, -0.1) is 11.8 Å². The summed E-state index contributed by atoms with van der Waals surface area (Å²) < 4.78 is 5.61. The van der Waals surface area contributed by atoms with Crippen LogP contribution in [0.3, 0.4) is 0 Å². The number of fused-ring (bicyclic) bond motifs is 1. The van der Waals surface area contributed by atoms with Crippen LogP contribution < -0.4 is 20.3 Å². The molecule has 33 heavy (non-hydrogen) atoms.